The van der Waals surface area contributed by atoms with Gasteiger partial charge in [-0.05, 0) is 205 Å². The van der Waals surface area contributed by atoms with Gasteiger partial charge >= 0.3 is 6.09 Å². The molecule has 9 atom stereocenters. The predicted octanol–water partition coefficient (Wildman–Crippen LogP) is 7.89. The molecule has 16 N–H and O–H groups in total. The normalized spacial score (nSPS) is 21.5. The Balaban J connectivity index is 1.03. The molecular weight excluding hydrogens is 1470 g/mol. The van der Waals surface area contributed by atoms with Crippen LogP contribution in [0.5, 0.6) is 69.0 Å². The van der Waals surface area contributed by atoms with E-state index in [1.807, 2.05) is 19.0 Å². The maximum Gasteiger partial charge on any atom is 0.408 e. The van der Waals surface area contributed by atoms with E-state index in [1.165, 1.54) is 66.7 Å². The van der Waals surface area contributed by atoms with Gasteiger partial charge in [0.05, 0.1) is 15.6 Å². The SMILES string of the molecule is CC1CCCCN1CCCNC(=O)[C@H]1NC(=O)[C@H]2NC(=O)[C@@H](NC(=O)[C@H]3NC(=O)[C@H]4NC(=O)[C@H](Cc5ccc(c(Cl)c5)Oc5cc3cc(c5O)Oc3ccc(cc3Cl)C2O)NC(=O)[C@@H](NC(=O)OC(C)(C)C)c2ccc(O)c(c2)Oc2cc(O)cc4c2)c2ccc(O)c(c2)-c2c1cc(O)c(CNCCCN(C)C)c2O. The lowest BCUT2D eigenvalue weighted by atomic mass is 9.87. The maximum atomic E-state index is 16.3. The van der Waals surface area contributed by atoms with Crippen LogP contribution in [0.1, 0.15) is 141 Å². The zero-order chi connectivity index (χ0) is 78.7. The molecule has 110 heavy (non-hydrogen) atoms. The Morgan fingerprint density at radius 2 is 1.25 bits per heavy atom. The quantitative estimate of drug-likeness (QED) is 0.0517. The highest BCUT2D eigenvalue weighted by Crippen LogP contribution is 2.49. The van der Waals surface area contributed by atoms with Crippen LogP contribution in [-0.4, -0.2) is 164 Å². The van der Waals surface area contributed by atoms with Crippen molar-refractivity contribution in [3.63, 3.8) is 0 Å². The number of carbonyl (C=O) groups excluding carboxylic acids is 8. The molecule has 0 saturated carbocycles. The number of aromatic hydroxyl groups is 6. The topological polar surface area (TPSA) is 430 Å². The fourth-order valence-corrected chi connectivity index (χ4v) is 14.3. The van der Waals surface area contributed by atoms with Crippen LogP contribution in [-0.2, 0) is 51.3 Å². The van der Waals surface area contributed by atoms with Gasteiger partial charge in [-0.15, -0.1) is 0 Å². The number of hydrogen-bond donors (Lipinski definition) is 16. The number of nitrogens with one attached hydrogen (secondary N) is 9. The molecule has 7 heterocycles. The van der Waals surface area contributed by atoms with Gasteiger partial charge in [0.25, 0.3) is 0 Å². The van der Waals surface area contributed by atoms with Crippen molar-refractivity contribution < 1.29 is 93.0 Å². The molecule has 1 saturated heterocycles. The van der Waals surface area contributed by atoms with Crippen molar-refractivity contribution in [2.24, 2.45) is 0 Å². The van der Waals surface area contributed by atoms with E-state index in [1.54, 1.807) is 20.8 Å². The van der Waals surface area contributed by atoms with Crippen LogP contribution >= 0.6 is 23.2 Å². The molecule has 32 heteroatoms. The third kappa shape index (κ3) is 17.7. The van der Waals surface area contributed by atoms with E-state index in [2.05, 4.69) is 59.7 Å². The highest BCUT2D eigenvalue weighted by molar-refractivity contribution is 6.32. The summed E-state index contributed by atoms with van der Waals surface area (Å²) in [5.41, 5.74) is -2.87. The molecule has 0 spiro atoms. The van der Waals surface area contributed by atoms with Crippen LogP contribution in [0.15, 0.2) is 109 Å². The van der Waals surface area contributed by atoms with Gasteiger partial charge < -0.3 is 112 Å². The standard InChI is InChI=1S/C78H85Cl2N11O19/c1-37-11-7-8-23-91(37)24-10-21-82-71(100)65-47-35-54(95)48(36-81-20-9-22-90(5)6)68(97)60(47)46-29-39(13-16-52(46)93)61-73(102)88-66(76(105)87-65)67(96)41-15-19-56(50(80)30-41)109-59-33-43-32-58(69(59)98)108-55-18-12-38(25-49(55)79)26-51-70(99)84-63(74(103)86-64(43)75(104)85-61)42-27-44(92)34-45(28-42)107-57-31-40(14-17-53(57)94)62(72(101)83-51)89-77(106)110-78(2,3)4/h12-19,25,27-35,37,51,61-67,81,92-98H,7-11,20-24,26,36H2,1-6H3,(H,82,100)(H,83,101)(H,84,99)(H,85,104)(H,86,103)(H,87,105)(H,88,102)(H,89,106)/t37?,51-,61-,62-,63-,64-,65-,66-,67?/m0/s1. The van der Waals surface area contributed by atoms with Crippen LogP contribution in [0.25, 0.3) is 11.1 Å². The van der Waals surface area contributed by atoms with Gasteiger partial charge in [0, 0.05) is 49.3 Å². The number of benzene rings is 7. The molecule has 580 valence electrons. The number of halogens is 2. The summed E-state index contributed by atoms with van der Waals surface area (Å²) in [6, 6.07) is 8.14. The minimum atomic E-state index is -2.21. The molecule has 7 aliphatic rings. The molecule has 8 amide bonds. The van der Waals surface area contributed by atoms with E-state index < -0.39 is 154 Å². The molecular formula is C78H85Cl2N11O19. The number of ether oxygens (including phenoxy) is 4. The lowest BCUT2D eigenvalue weighted by Crippen LogP contribution is -2.56. The highest BCUT2D eigenvalue weighted by Gasteiger charge is 2.42. The van der Waals surface area contributed by atoms with E-state index in [4.69, 9.17) is 42.1 Å². The zero-order valence-electron chi connectivity index (χ0n) is 60.8. The fraction of sp³-hybridized carbons (Fsp3) is 0.359. The summed E-state index contributed by atoms with van der Waals surface area (Å²) in [4.78, 5) is 127. The molecule has 7 aromatic rings. The number of aliphatic hydroxyl groups is 1. The van der Waals surface area contributed by atoms with Gasteiger partial charge in [0.15, 0.2) is 23.0 Å². The number of alkyl carbamates (subject to hydrolysis) is 1. The minimum Gasteiger partial charge on any atom is -0.508 e. The van der Waals surface area contributed by atoms with Gasteiger partial charge in [0.2, 0.25) is 47.1 Å². The smallest absolute Gasteiger partial charge is 0.408 e. The van der Waals surface area contributed by atoms with Crippen LogP contribution in [0.3, 0.4) is 0 Å². The van der Waals surface area contributed by atoms with Crippen molar-refractivity contribution in [1.29, 1.82) is 0 Å². The minimum absolute atomic E-state index is 0.00193. The van der Waals surface area contributed by atoms with Crippen LogP contribution in [0.2, 0.25) is 10.0 Å². The molecule has 30 nitrogen and oxygen atoms in total. The molecule has 7 aliphatic heterocycles. The molecule has 7 aromatic carbocycles. The Morgan fingerprint density at radius 1 is 0.609 bits per heavy atom. The van der Waals surface area contributed by atoms with Gasteiger partial charge in [-0.25, -0.2) is 4.79 Å². The van der Waals surface area contributed by atoms with Crippen LogP contribution in [0.4, 0.5) is 4.79 Å². The molecule has 0 aliphatic carbocycles. The average molecular weight is 1550 g/mol. The van der Waals surface area contributed by atoms with Gasteiger partial charge in [-0.3, -0.25) is 33.6 Å². The molecule has 17 bridgehead atoms. The molecule has 2 unspecified atom stereocenters. The summed E-state index contributed by atoms with van der Waals surface area (Å²) in [7, 11) is 3.79. The Labute approximate surface area is 641 Å². The third-order valence-corrected chi connectivity index (χ3v) is 20.1. The first kappa shape index (κ1) is 78.3. The first-order chi connectivity index (χ1) is 52.3. The van der Waals surface area contributed by atoms with Crippen molar-refractivity contribution in [3.05, 3.63) is 164 Å². The summed E-state index contributed by atoms with van der Waals surface area (Å²) in [6.45, 7) is 9.26. The number of phenolic OH excluding ortho intramolecular Hbond substituents is 6. The summed E-state index contributed by atoms with van der Waals surface area (Å²) >= 11 is 14.1. The van der Waals surface area contributed by atoms with Gasteiger partial charge in [-0.1, -0.05) is 53.9 Å². The number of rotatable bonds is 12. The molecule has 14 rings (SSSR count). The lowest BCUT2D eigenvalue weighted by molar-refractivity contribution is -0.137. The monoisotopic (exact) mass is 1550 g/mol. The van der Waals surface area contributed by atoms with E-state index in [0.717, 1.165) is 68.3 Å². The number of amides is 8. The largest absolute Gasteiger partial charge is 0.508 e. The van der Waals surface area contributed by atoms with Gasteiger partial charge in [-0.2, -0.15) is 0 Å². The molecule has 1 fully saturated rings. The van der Waals surface area contributed by atoms with E-state index in [0.29, 0.717) is 32.5 Å². The molecule has 0 aromatic heterocycles. The van der Waals surface area contributed by atoms with Crippen molar-refractivity contribution >= 4 is 70.6 Å². The van der Waals surface area contributed by atoms with E-state index >= 15 is 28.8 Å². The number of fused-ring (bicyclic) bond motifs is 14. The van der Waals surface area contributed by atoms with E-state index in [9.17, 15) is 45.3 Å². The third-order valence-electron chi connectivity index (χ3n) is 19.5. The summed E-state index contributed by atoms with van der Waals surface area (Å²) < 4.78 is 24.4. The van der Waals surface area contributed by atoms with Crippen LogP contribution < -0.4 is 62.1 Å². The van der Waals surface area contributed by atoms with Crippen molar-refractivity contribution in [3.8, 4) is 80.1 Å². The second-order valence-corrected chi connectivity index (χ2v) is 29.8. The predicted molar refractivity (Wildman–Crippen MR) is 400 cm³/mol. The zero-order valence-corrected chi connectivity index (χ0v) is 62.3. The Bertz CT molecular complexity index is 4790. The second kappa shape index (κ2) is 32.9. The first-order valence-corrected chi connectivity index (χ1v) is 36.5. The Morgan fingerprint density at radius 3 is 1.93 bits per heavy atom. The Hall–Kier alpha value is -11.3. The second-order valence-electron chi connectivity index (χ2n) is 29.0. The number of hydrogen-bond acceptors (Lipinski definition) is 22. The summed E-state index contributed by atoms with van der Waals surface area (Å²) in [5, 5.41) is 109. The number of phenols is 6. The van der Waals surface area contributed by atoms with Crippen molar-refractivity contribution in [1.82, 2.24) is 57.7 Å². The van der Waals surface area contributed by atoms with Crippen LogP contribution in [0, 0.1) is 0 Å². The maximum absolute atomic E-state index is 16.3. The number of aliphatic hydroxyl groups excluding tert-OH is 1. The number of carbonyl (C=O) groups is 8. The summed E-state index contributed by atoms with van der Waals surface area (Å²) in [6.07, 6.45) is 0.533. The van der Waals surface area contributed by atoms with Crippen molar-refractivity contribution in [2.75, 3.05) is 46.8 Å². The average Bonchev–Trinajstić information content (AvgIpc) is 0.756. The summed E-state index contributed by atoms with van der Waals surface area (Å²) in [5.74, 6) is -13.9. The fourth-order valence-electron chi connectivity index (χ4n) is 13.9. The number of piperidine rings is 1. The number of nitrogens with zero attached hydrogens (tertiary/aromatic N) is 2. The Kier molecular flexibility index (Phi) is 23.4. The highest BCUT2D eigenvalue weighted by atomic mass is 35.5. The first-order valence-electron chi connectivity index (χ1n) is 35.8. The molecule has 0 radical (unpaired) electrons. The van der Waals surface area contributed by atoms with E-state index in [-0.39, 0.29) is 108 Å². The van der Waals surface area contributed by atoms with Gasteiger partial charge in [0.1, 0.15) is 94.2 Å². The van der Waals surface area contributed by atoms with Crippen molar-refractivity contribution in [2.45, 2.75) is 133 Å². The number of likely N-dealkylation sites (tertiary alicyclic amines) is 1. The lowest BCUT2D eigenvalue weighted by Gasteiger charge is -2.33.